The normalized spacial score (nSPS) is 12.0. The van der Waals surface area contributed by atoms with E-state index in [0.717, 1.165) is 11.1 Å². The van der Waals surface area contributed by atoms with E-state index in [1.807, 2.05) is 0 Å². The molecule has 0 aliphatic rings. The molecule has 0 atom stereocenters. The molecule has 5 N–H and O–H groups in total. The summed E-state index contributed by atoms with van der Waals surface area (Å²) in [6.45, 7) is 11.0. The molecular formula is C24H24N4O4S. The van der Waals surface area contributed by atoms with Gasteiger partial charge in [0, 0.05) is 22.5 Å². The lowest BCUT2D eigenvalue weighted by molar-refractivity contribution is 0.472. The minimum absolute atomic E-state index is 0.333. The van der Waals surface area contributed by atoms with Crippen LogP contribution < -0.4 is 11.1 Å². The van der Waals surface area contributed by atoms with E-state index in [2.05, 4.69) is 28.7 Å². The number of aromatic hydroxyl groups is 1. The maximum atomic E-state index is 12.1. The van der Waals surface area contributed by atoms with Crippen molar-refractivity contribution in [2.45, 2.75) is 18.7 Å². The van der Waals surface area contributed by atoms with E-state index in [0.29, 0.717) is 33.5 Å². The highest BCUT2D eigenvalue weighted by Gasteiger charge is 2.22. The number of hydrogen-bond acceptors (Lipinski definition) is 7. The summed E-state index contributed by atoms with van der Waals surface area (Å²) in [5.41, 5.74) is 9.24. The molecular weight excluding hydrogens is 440 g/mol. The third kappa shape index (κ3) is 5.28. The molecule has 3 aromatic rings. The zero-order valence-corrected chi connectivity index (χ0v) is 19.0. The van der Waals surface area contributed by atoms with Gasteiger partial charge in [0.2, 0.25) is 0 Å². The highest BCUT2D eigenvalue weighted by molar-refractivity contribution is 7.86. The van der Waals surface area contributed by atoms with Crippen molar-refractivity contribution >= 4 is 43.6 Å². The molecule has 0 fully saturated rings. The molecule has 0 radical (unpaired) electrons. The van der Waals surface area contributed by atoms with E-state index in [1.165, 1.54) is 6.07 Å². The number of nitrogens with zero attached hydrogens (tertiary/aromatic N) is 2. The average Bonchev–Trinajstić information content (AvgIpc) is 2.74. The lowest BCUT2D eigenvalue weighted by Crippen LogP contribution is -2.00. The number of aryl methyl sites for hydroxylation is 2. The predicted molar refractivity (Wildman–Crippen MR) is 132 cm³/mol. The van der Waals surface area contributed by atoms with Crippen LogP contribution in [-0.4, -0.2) is 18.1 Å². The molecule has 3 rings (SSSR count). The first-order chi connectivity index (χ1) is 15.5. The Kier molecular flexibility index (Phi) is 6.66. The molecule has 33 heavy (non-hydrogen) atoms. The zero-order chi connectivity index (χ0) is 24.3. The van der Waals surface area contributed by atoms with E-state index in [9.17, 15) is 18.1 Å². The second-order valence-corrected chi connectivity index (χ2v) is 8.81. The molecule has 0 bridgehead atoms. The van der Waals surface area contributed by atoms with Crippen molar-refractivity contribution in [2.24, 2.45) is 10.2 Å². The van der Waals surface area contributed by atoms with Gasteiger partial charge in [-0.15, -0.1) is 5.11 Å². The number of allylic oxidation sites excluding steroid dienone is 3. The Morgan fingerprint density at radius 3 is 2.52 bits per heavy atom. The Bertz CT molecular complexity index is 1440. The molecule has 0 saturated carbocycles. The predicted octanol–water partition coefficient (Wildman–Crippen LogP) is 6.07. The van der Waals surface area contributed by atoms with Crippen LogP contribution in [-0.2, 0) is 10.1 Å². The molecule has 0 unspecified atom stereocenters. The summed E-state index contributed by atoms with van der Waals surface area (Å²) in [6, 6.07) is 9.56. The average molecular weight is 465 g/mol. The van der Waals surface area contributed by atoms with Crippen molar-refractivity contribution in [3.05, 3.63) is 84.6 Å². The van der Waals surface area contributed by atoms with Crippen LogP contribution in [0.3, 0.4) is 0 Å². The van der Waals surface area contributed by atoms with Crippen molar-refractivity contribution in [2.75, 3.05) is 11.1 Å². The number of anilines is 2. The molecule has 0 amide bonds. The van der Waals surface area contributed by atoms with Crippen molar-refractivity contribution in [3.63, 3.8) is 0 Å². The Balaban J connectivity index is 2.13. The number of nitrogens with two attached hydrogens (primary N) is 1. The van der Waals surface area contributed by atoms with Crippen molar-refractivity contribution in [1.29, 1.82) is 0 Å². The monoisotopic (exact) mass is 464 g/mol. The number of nitrogen functional groups attached to an aromatic ring is 1. The molecule has 0 aromatic heterocycles. The van der Waals surface area contributed by atoms with Gasteiger partial charge in [-0.25, -0.2) is 0 Å². The van der Waals surface area contributed by atoms with Crippen molar-refractivity contribution < 1.29 is 18.1 Å². The maximum Gasteiger partial charge on any atom is 0.296 e. The summed E-state index contributed by atoms with van der Waals surface area (Å²) >= 11 is 0. The highest BCUT2D eigenvalue weighted by Crippen LogP contribution is 2.42. The fourth-order valence-corrected chi connectivity index (χ4v) is 3.83. The van der Waals surface area contributed by atoms with Gasteiger partial charge >= 0.3 is 0 Å². The van der Waals surface area contributed by atoms with Crippen LogP contribution in [0.5, 0.6) is 5.75 Å². The molecule has 0 spiro atoms. The second-order valence-electron chi connectivity index (χ2n) is 7.42. The molecule has 9 heteroatoms. The highest BCUT2D eigenvalue weighted by atomic mass is 32.2. The van der Waals surface area contributed by atoms with Gasteiger partial charge in [0.15, 0.2) is 5.75 Å². The van der Waals surface area contributed by atoms with E-state index >= 15 is 0 Å². The minimum Gasteiger partial charge on any atom is -0.505 e. The lowest BCUT2D eigenvalue weighted by Gasteiger charge is -2.12. The first-order valence-corrected chi connectivity index (χ1v) is 11.3. The number of nitrogens with one attached hydrogen (secondary N) is 1. The van der Waals surface area contributed by atoms with Crippen molar-refractivity contribution in [1.82, 2.24) is 0 Å². The Hall–Kier alpha value is -3.95. The summed E-state index contributed by atoms with van der Waals surface area (Å²) in [7, 11) is -4.72. The molecule has 0 saturated heterocycles. The lowest BCUT2D eigenvalue weighted by atomic mass is 10.1. The van der Waals surface area contributed by atoms with Gasteiger partial charge in [-0.1, -0.05) is 25.3 Å². The quantitative estimate of drug-likeness (QED) is 0.145. The number of fused-ring (bicyclic) bond motifs is 1. The van der Waals surface area contributed by atoms with Gasteiger partial charge < -0.3 is 16.2 Å². The van der Waals surface area contributed by atoms with Gasteiger partial charge in [0.1, 0.15) is 10.6 Å². The van der Waals surface area contributed by atoms with Crippen LogP contribution in [0.15, 0.2) is 88.6 Å². The molecule has 170 valence electrons. The number of azo groups is 1. The van der Waals surface area contributed by atoms with Crippen LogP contribution in [0.1, 0.15) is 11.1 Å². The largest absolute Gasteiger partial charge is 0.505 e. The van der Waals surface area contributed by atoms with E-state index in [1.54, 1.807) is 62.4 Å². The summed E-state index contributed by atoms with van der Waals surface area (Å²) in [6.07, 6.45) is 5.02. The van der Waals surface area contributed by atoms with Gasteiger partial charge in [0.25, 0.3) is 10.1 Å². The first-order valence-electron chi connectivity index (χ1n) is 9.82. The Morgan fingerprint density at radius 1 is 1.12 bits per heavy atom. The summed E-state index contributed by atoms with van der Waals surface area (Å²) in [5.74, 6) is -0.425. The molecule has 8 nitrogen and oxygen atoms in total. The summed E-state index contributed by atoms with van der Waals surface area (Å²) in [4.78, 5) is -0.566. The van der Waals surface area contributed by atoms with Crippen LogP contribution in [0.4, 0.5) is 22.7 Å². The maximum absolute atomic E-state index is 12.1. The number of rotatable bonds is 7. The third-order valence-corrected chi connectivity index (χ3v) is 5.78. The third-order valence-electron chi connectivity index (χ3n) is 4.91. The van der Waals surface area contributed by atoms with Crippen LogP contribution in [0, 0.1) is 13.8 Å². The minimum atomic E-state index is -4.72. The zero-order valence-electron chi connectivity index (χ0n) is 18.2. The SMILES string of the molecule is C=C/C=C\C(=C)Nc1ccc2c(O)c(N=Nc3cc(C)c(N)cc3C)c(S(=O)(=O)O)cc2c1. The van der Waals surface area contributed by atoms with Crippen molar-refractivity contribution in [3.8, 4) is 5.75 Å². The Morgan fingerprint density at radius 2 is 1.85 bits per heavy atom. The van der Waals surface area contributed by atoms with Crippen LogP contribution >= 0.6 is 0 Å². The molecule has 0 aliphatic carbocycles. The summed E-state index contributed by atoms with van der Waals surface area (Å²) in [5, 5.41) is 22.6. The van der Waals surface area contributed by atoms with E-state index in [-0.39, 0.29) is 5.69 Å². The standard InChI is InChI=1S/C24H24N4O4S/c1-5-6-7-16(4)26-18-8-9-19-17(12-18)13-22(33(30,31)32)23(24(19)29)28-27-21-11-14(2)20(25)10-15(21)3/h5-13,26,29H,1,4,25H2,2-3H3,(H,30,31,32)/b7-6-,28-27?. The first kappa shape index (κ1) is 23.7. The number of phenolic OH excluding ortho intramolecular Hbond substituents is 1. The summed E-state index contributed by atoms with van der Waals surface area (Å²) < 4.78 is 34.0. The number of benzene rings is 3. The van der Waals surface area contributed by atoms with E-state index < -0.39 is 20.8 Å². The van der Waals surface area contributed by atoms with Crippen LogP contribution in [0.2, 0.25) is 0 Å². The second kappa shape index (κ2) is 9.27. The van der Waals surface area contributed by atoms with Gasteiger partial charge in [-0.3, -0.25) is 4.55 Å². The van der Waals surface area contributed by atoms with Gasteiger partial charge in [-0.05, 0) is 72.8 Å². The Labute approximate surface area is 192 Å². The topological polar surface area (TPSA) is 137 Å². The molecule has 0 aliphatic heterocycles. The van der Waals surface area contributed by atoms with E-state index in [4.69, 9.17) is 5.73 Å². The molecule has 0 heterocycles. The number of phenols is 1. The fourth-order valence-electron chi connectivity index (χ4n) is 3.17. The van der Waals surface area contributed by atoms with Crippen LogP contribution in [0.25, 0.3) is 10.8 Å². The van der Waals surface area contributed by atoms with Gasteiger partial charge in [0.05, 0.1) is 5.69 Å². The fraction of sp³-hybridized carbons (Fsp3) is 0.0833. The number of hydrogen-bond donors (Lipinski definition) is 4. The smallest absolute Gasteiger partial charge is 0.296 e. The van der Waals surface area contributed by atoms with Gasteiger partial charge in [-0.2, -0.15) is 13.5 Å². The molecule has 3 aromatic carbocycles.